The molecule has 1 spiro atoms. The van der Waals surface area contributed by atoms with E-state index >= 15 is 0 Å². The number of phenolic OH excluding ortho intramolecular Hbond substituents is 1. The van der Waals surface area contributed by atoms with E-state index in [1.54, 1.807) is 98.7 Å². The Morgan fingerprint density at radius 1 is 0.635 bits per heavy atom. The van der Waals surface area contributed by atoms with E-state index in [0.717, 1.165) is 0 Å². The summed E-state index contributed by atoms with van der Waals surface area (Å²) in [4.78, 5) is 75.1. The van der Waals surface area contributed by atoms with E-state index in [4.69, 9.17) is 28.4 Å². The van der Waals surface area contributed by atoms with E-state index in [1.165, 1.54) is 37.8 Å². The van der Waals surface area contributed by atoms with Gasteiger partial charge in [0.1, 0.15) is 53.1 Å². The van der Waals surface area contributed by atoms with Crippen LogP contribution in [0.4, 0.5) is 18.8 Å². The van der Waals surface area contributed by atoms with Crippen LogP contribution in [-0.2, 0) is 24.5 Å². The van der Waals surface area contributed by atoms with Gasteiger partial charge in [0.25, 0.3) is 5.91 Å². The van der Waals surface area contributed by atoms with Crippen LogP contribution in [0, 0.1) is 0 Å². The number of halogens is 1. The fourth-order valence-electron chi connectivity index (χ4n) is 7.40. The van der Waals surface area contributed by atoms with Crippen molar-refractivity contribution in [3.05, 3.63) is 82.4 Å². The number of esters is 1. The van der Waals surface area contributed by atoms with Gasteiger partial charge in [-0.1, -0.05) is 6.07 Å². The molecule has 3 aliphatic heterocycles. The van der Waals surface area contributed by atoms with Crippen LogP contribution in [0.15, 0.2) is 54.6 Å². The molecule has 3 heterocycles. The van der Waals surface area contributed by atoms with Gasteiger partial charge in [0.15, 0.2) is 5.60 Å². The van der Waals surface area contributed by atoms with Gasteiger partial charge in [-0.05, 0) is 98.7 Å². The number of benzene rings is 3. The van der Waals surface area contributed by atoms with Gasteiger partial charge in [-0.15, -0.1) is 0 Å². The molecule has 0 radical (unpaired) electrons. The molecule has 0 aliphatic carbocycles. The van der Waals surface area contributed by atoms with Crippen molar-refractivity contribution in [3.8, 4) is 23.0 Å². The normalized spacial score (nSPS) is 18.2. The lowest BCUT2D eigenvalue weighted by molar-refractivity contribution is 0.00479. The lowest BCUT2D eigenvalue weighted by Gasteiger charge is -2.36. The number of amides is 4. The minimum absolute atomic E-state index is 0.0111. The summed E-state index contributed by atoms with van der Waals surface area (Å²) in [7, 11) is 0. The van der Waals surface area contributed by atoms with Crippen molar-refractivity contribution in [2.45, 2.75) is 84.7 Å². The van der Waals surface area contributed by atoms with E-state index in [2.05, 4.69) is 0 Å². The van der Waals surface area contributed by atoms with Crippen LogP contribution >= 0.6 is 0 Å². The van der Waals surface area contributed by atoms with Gasteiger partial charge in [-0.25, -0.2) is 23.6 Å². The number of carbonyl (C=O) groups is 5. The van der Waals surface area contributed by atoms with E-state index in [-0.39, 0.29) is 87.3 Å². The van der Waals surface area contributed by atoms with E-state index in [0.29, 0.717) is 22.4 Å². The van der Waals surface area contributed by atoms with Crippen LogP contribution in [0.2, 0.25) is 0 Å². The molecule has 340 valence electrons. The van der Waals surface area contributed by atoms with Crippen molar-refractivity contribution < 1.29 is 61.9 Å². The summed E-state index contributed by atoms with van der Waals surface area (Å²) in [6.07, 6.45) is -1.92. The van der Waals surface area contributed by atoms with E-state index in [9.17, 15) is 33.5 Å². The molecule has 1 fully saturated rings. The van der Waals surface area contributed by atoms with Crippen LogP contribution in [-0.4, -0.2) is 137 Å². The highest BCUT2D eigenvalue weighted by atomic mass is 19.1. The first-order chi connectivity index (χ1) is 29.5. The smallest absolute Gasteiger partial charge is 0.410 e. The third-order valence-corrected chi connectivity index (χ3v) is 10.2. The van der Waals surface area contributed by atoms with Crippen molar-refractivity contribution in [1.29, 1.82) is 0 Å². The minimum Gasteiger partial charge on any atom is -0.508 e. The fourth-order valence-corrected chi connectivity index (χ4v) is 7.40. The molecular weight excluding hydrogens is 820 g/mol. The Bertz CT molecular complexity index is 2200. The highest BCUT2D eigenvalue weighted by Crippen LogP contribution is 2.57. The first-order valence-corrected chi connectivity index (χ1v) is 20.9. The lowest BCUT2D eigenvalue weighted by atomic mass is 9.77. The molecule has 1 atom stereocenters. The number of hydrogen-bond acceptors (Lipinski definition) is 12. The minimum atomic E-state index is -1.55. The number of nitrogens with zero attached hydrogens (tertiary/aromatic N) is 4. The van der Waals surface area contributed by atoms with Gasteiger partial charge >= 0.3 is 24.2 Å². The summed E-state index contributed by atoms with van der Waals surface area (Å²) in [6.45, 7) is 14.8. The van der Waals surface area contributed by atoms with Crippen molar-refractivity contribution in [2.75, 3.05) is 65.6 Å². The molecule has 0 bridgehead atoms. The predicted molar refractivity (Wildman–Crippen MR) is 227 cm³/mol. The third-order valence-electron chi connectivity index (χ3n) is 10.2. The average Bonchev–Trinajstić information content (AvgIpc) is 3.45. The molecule has 63 heavy (non-hydrogen) atoms. The number of carbonyl (C=O) groups excluding carboxylic acids is 5. The summed E-state index contributed by atoms with van der Waals surface area (Å²) in [5.41, 5.74) is -2.54. The van der Waals surface area contributed by atoms with Crippen LogP contribution in [0.5, 0.6) is 23.0 Å². The summed E-state index contributed by atoms with van der Waals surface area (Å²) >= 11 is 0. The molecule has 0 saturated carbocycles. The number of fused-ring (bicyclic) bond motifs is 6. The maximum atomic E-state index is 14.7. The first kappa shape index (κ1) is 46.2. The Morgan fingerprint density at radius 3 is 1.56 bits per heavy atom. The largest absolute Gasteiger partial charge is 0.508 e. The molecule has 1 N–H and O–H groups in total. The summed E-state index contributed by atoms with van der Waals surface area (Å²) in [5.74, 6) is -0.534. The van der Waals surface area contributed by atoms with Gasteiger partial charge in [0, 0.05) is 86.7 Å². The quantitative estimate of drug-likeness (QED) is 0.203. The van der Waals surface area contributed by atoms with Gasteiger partial charge in [-0.3, -0.25) is 4.79 Å². The topological polar surface area (TPSA) is 174 Å². The molecule has 3 aromatic rings. The van der Waals surface area contributed by atoms with Gasteiger partial charge < -0.3 is 53.1 Å². The molecule has 6 rings (SSSR count). The van der Waals surface area contributed by atoms with E-state index in [1.807, 2.05) is 0 Å². The monoisotopic (exact) mass is 876 g/mol. The van der Waals surface area contributed by atoms with Gasteiger partial charge in [0.2, 0.25) is 0 Å². The molecule has 17 heteroatoms. The van der Waals surface area contributed by atoms with E-state index < -0.39 is 59.2 Å². The zero-order valence-electron chi connectivity index (χ0n) is 37.4. The standard InChI is InChI=1S/C46H57FN4O12/c1-43(2,3)61-40(55)49-19-17-48(18-20-50(41(56)62-44(4,5)6)22-24-51(23-21-49)42(57)63-45(7,8)9)38(53)29-10-13-33-32(26-29)39(54)60-46(33)34-14-11-30(52)27-36(34)59-37-28-31(58-25-16-47)12-15-35(37)46/h10-15,26-28,52H,16-25H2,1-9H3. The fraction of sp³-hybridized carbons (Fsp3) is 0.500. The number of phenols is 1. The van der Waals surface area contributed by atoms with Crippen molar-refractivity contribution in [1.82, 2.24) is 19.6 Å². The van der Waals surface area contributed by atoms with Crippen LogP contribution in [0.3, 0.4) is 0 Å². The maximum absolute atomic E-state index is 14.7. The Morgan fingerprint density at radius 2 is 1.08 bits per heavy atom. The molecule has 3 aliphatic rings. The molecule has 0 aromatic heterocycles. The summed E-state index contributed by atoms with van der Waals surface area (Å²) in [5, 5.41) is 10.4. The van der Waals surface area contributed by atoms with Crippen molar-refractivity contribution >= 4 is 30.2 Å². The Labute approximate surface area is 366 Å². The summed E-state index contributed by atoms with van der Waals surface area (Å²) < 4.78 is 48.1. The van der Waals surface area contributed by atoms with Crippen LogP contribution in [0.25, 0.3) is 0 Å². The van der Waals surface area contributed by atoms with Crippen LogP contribution in [0.1, 0.15) is 99.7 Å². The van der Waals surface area contributed by atoms with Crippen molar-refractivity contribution in [3.63, 3.8) is 0 Å². The molecule has 3 aromatic carbocycles. The average molecular weight is 877 g/mol. The molecule has 4 amide bonds. The Balaban J connectivity index is 1.36. The second-order valence-electron chi connectivity index (χ2n) is 18.5. The van der Waals surface area contributed by atoms with Crippen molar-refractivity contribution in [2.24, 2.45) is 0 Å². The van der Waals surface area contributed by atoms with Crippen LogP contribution < -0.4 is 9.47 Å². The zero-order valence-corrected chi connectivity index (χ0v) is 37.4. The summed E-state index contributed by atoms with van der Waals surface area (Å²) in [6, 6.07) is 13.9. The zero-order chi connectivity index (χ0) is 46.1. The third kappa shape index (κ3) is 10.7. The highest BCUT2D eigenvalue weighted by Gasteiger charge is 2.54. The number of ether oxygens (including phenoxy) is 6. The molecule has 1 saturated heterocycles. The second-order valence-corrected chi connectivity index (χ2v) is 18.5. The molecule has 1 unspecified atom stereocenters. The highest BCUT2D eigenvalue weighted by molar-refractivity contribution is 6.01. The SMILES string of the molecule is CC(C)(C)OC(=O)N1CCN(C(=O)OC(C)(C)C)CCN(C(=O)c2ccc3c(c2)C(=O)OC32c3ccc(O)cc3Oc3cc(OCCF)ccc32)CCN(C(=O)OC(C)(C)C)CC1. The lowest BCUT2D eigenvalue weighted by Crippen LogP contribution is -2.52. The van der Waals surface area contributed by atoms with Gasteiger partial charge in [-0.2, -0.15) is 0 Å². The number of rotatable bonds is 4. The Hall–Kier alpha value is -6.26. The predicted octanol–water partition coefficient (Wildman–Crippen LogP) is 7.48. The first-order valence-electron chi connectivity index (χ1n) is 20.9. The molecule has 16 nitrogen and oxygen atoms in total. The number of hydrogen-bond donors (Lipinski definition) is 1. The Kier molecular flexibility index (Phi) is 13.1. The number of aromatic hydroxyl groups is 1. The second kappa shape index (κ2) is 17.8. The molecular formula is C46H57FN4O12. The number of alkyl halides is 1. The van der Waals surface area contributed by atoms with Gasteiger partial charge in [0.05, 0.1) is 5.56 Å². The maximum Gasteiger partial charge on any atom is 0.410 e.